The number of nitrogens with one attached hydrogen (secondary N) is 1. The lowest BCUT2D eigenvalue weighted by Gasteiger charge is -2.15. The van der Waals surface area contributed by atoms with Crippen LogP contribution >= 0.6 is 0 Å². The SMILES string of the molecule is Cc1ccc(NC(C)CCc2ccco2)cc1C. The Hall–Kier alpha value is -1.70. The van der Waals surface area contributed by atoms with Crippen LogP contribution in [0.5, 0.6) is 0 Å². The van der Waals surface area contributed by atoms with Crippen molar-refractivity contribution in [3.05, 3.63) is 53.5 Å². The van der Waals surface area contributed by atoms with E-state index in [1.165, 1.54) is 16.8 Å². The molecular formula is C16H21NO. The zero-order chi connectivity index (χ0) is 13.0. The van der Waals surface area contributed by atoms with Crippen molar-refractivity contribution in [1.29, 1.82) is 0 Å². The van der Waals surface area contributed by atoms with Gasteiger partial charge in [-0.3, -0.25) is 0 Å². The highest BCUT2D eigenvalue weighted by Crippen LogP contribution is 2.16. The minimum atomic E-state index is 0.442. The molecule has 0 bridgehead atoms. The van der Waals surface area contributed by atoms with Gasteiger partial charge >= 0.3 is 0 Å². The first-order valence-corrected chi connectivity index (χ1v) is 6.51. The first kappa shape index (κ1) is 12.7. The Morgan fingerprint density at radius 3 is 2.67 bits per heavy atom. The van der Waals surface area contributed by atoms with E-state index in [1.807, 2.05) is 12.1 Å². The summed E-state index contributed by atoms with van der Waals surface area (Å²) in [7, 11) is 0. The van der Waals surface area contributed by atoms with Crippen molar-refractivity contribution >= 4 is 5.69 Å². The van der Waals surface area contributed by atoms with Gasteiger partial charge in [0.1, 0.15) is 5.76 Å². The van der Waals surface area contributed by atoms with E-state index in [-0.39, 0.29) is 0 Å². The largest absolute Gasteiger partial charge is 0.469 e. The monoisotopic (exact) mass is 243 g/mol. The molecule has 1 aromatic heterocycles. The van der Waals surface area contributed by atoms with Gasteiger partial charge in [-0.2, -0.15) is 0 Å². The molecule has 1 heterocycles. The van der Waals surface area contributed by atoms with Crippen molar-refractivity contribution in [3.63, 3.8) is 0 Å². The molecule has 1 N–H and O–H groups in total. The molecule has 2 rings (SSSR count). The molecule has 0 saturated heterocycles. The molecule has 96 valence electrons. The molecule has 1 unspecified atom stereocenters. The van der Waals surface area contributed by atoms with Crippen molar-refractivity contribution in [2.24, 2.45) is 0 Å². The summed E-state index contributed by atoms with van der Waals surface area (Å²) < 4.78 is 5.34. The van der Waals surface area contributed by atoms with E-state index in [9.17, 15) is 0 Å². The number of benzene rings is 1. The van der Waals surface area contributed by atoms with Crippen molar-refractivity contribution in [2.75, 3.05) is 5.32 Å². The third kappa shape index (κ3) is 3.39. The maximum atomic E-state index is 5.34. The maximum absolute atomic E-state index is 5.34. The Labute approximate surface area is 109 Å². The summed E-state index contributed by atoms with van der Waals surface area (Å²) in [5.41, 5.74) is 3.87. The highest BCUT2D eigenvalue weighted by molar-refractivity contribution is 5.48. The zero-order valence-electron chi connectivity index (χ0n) is 11.4. The van der Waals surface area contributed by atoms with Crippen molar-refractivity contribution < 1.29 is 4.42 Å². The van der Waals surface area contributed by atoms with Gasteiger partial charge in [0, 0.05) is 18.2 Å². The molecule has 0 amide bonds. The third-order valence-electron chi connectivity index (χ3n) is 3.32. The van der Waals surface area contributed by atoms with E-state index >= 15 is 0 Å². The minimum Gasteiger partial charge on any atom is -0.469 e. The van der Waals surface area contributed by atoms with Gasteiger partial charge in [0.15, 0.2) is 0 Å². The van der Waals surface area contributed by atoms with Gasteiger partial charge in [-0.1, -0.05) is 6.07 Å². The second-order valence-corrected chi connectivity index (χ2v) is 4.96. The van der Waals surface area contributed by atoms with Gasteiger partial charge in [-0.15, -0.1) is 0 Å². The van der Waals surface area contributed by atoms with Crippen molar-refractivity contribution in [3.8, 4) is 0 Å². The normalized spacial score (nSPS) is 12.4. The standard InChI is InChI=1S/C16H21NO/c1-12-6-8-15(11-13(12)2)17-14(3)7-9-16-5-4-10-18-16/h4-6,8,10-11,14,17H,7,9H2,1-3H3. The Kier molecular flexibility index (Phi) is 4.08. The number of furan rings is 1. The summed E-state index contributed by atoms with van der Waals surface area (Å²) in [6, 6.07) is 10.9. The molecule has 0 radical (unpaired) electrons. The van der Waals surface area contributed by atoms with Crippen LogP contribution in [0.1, 0.15) is 30.2 Å². The van der Waals surface area contributed by atoms with E-state index in [1.54, 1.807) is 6.26 Å². The van der Waals surface area contributed by atoms with Crippen LogP contribution in [-0.2, 0) is 6.42 Å². The average Bonchev–Trinajstić information content (AvgIpc) is 2.84. The van der Waals surface area contributed by atoms with Gasteiger partial charge in [-0.05, 0) is 62.6 Å². The summed E-state index contributed by atoms with van der Waals surface area (Å²) in [4.78, 5) is 0. The first-order chi connectivity index (χ1) is 8.65. The molecule has 0 aliphatic carbocycles. The smallest absolute Gasteiger partial charge is 0.103 e. The second kappa shape index (κ2) is 5.76. The van der Waals surface area contributed by atoms with Gasteiger partial charge in [0.05, 0.1) is 6.26 Å². The zero-order valence-corrected chi connectivity index (χ0v) is 11.4. The van der Waals surface area contributed by atoms with Gasteiger partial charge in [0.2, 0.25) is 0 Å². The molecular weight excluding hydrogens is 222 g/mol. The number of rotatable bonds is 5. The lowest BCUT2D eigenvalue weighted by Crippen LogP contribution is -2.15. The Morgan fingerprint density at radius 2 is 2.00 bits per heavy atom. The topological polar surface area (TPSA) is 25.2 Å². The fraction of sp³-hybridized carbons (Fsp3) is 0.375. The first-order valence-electron chi connectivity index (χ1n) is 6.51. The van der Waals surface area contributed by atoms with Crippen LogP contribution < -0.4 is 5.32 Å². The van der Waals surface area contributed by atoms with Gasteiger partial charge in [0.25, 0.3) is 0 Å². The quantitative estimate of drug-likeness (QED) is 0.845. The average molecular weight is 243 g/mol. The van der Waals surface area contributed by atoms with Crippen LogP contribution in [0.15, 0.2) is 41.0 Å². The molecule has 18 heavy (non-hydrogen) atoms. The van der Waals surface area contributed by atoms with Crippen LogP contribution in [0.2, 0.25) is 0 Å². The molecule has 2 heteroatoms. The number of hydrogen-bond donors (Lipinski definition) is 1. The van der Waals surface area contributed by atoms with Crippen molar-refractivity contribution in [1.82, 2.24) is 0 Å². The molecule has 2 aromatic rings. The fourth-order valence-electron chi connectivity index (χ4n) is 2.00. The van der Waals surface area contributed by atoms with E-state index < -0.39 is 0 Å². The van der Waals surface area contributed by atoms with E-state index in [4.69, 9.17) is 4.42 Å². The van der Waals surface area contributed by atoms with Gasteiger partial charge < -0.3 is 9.73 Å². The maximum Gasteiger partial charge on any atom is 0.103 e. The predicted octanol–water partition coefficient (Wildman–Crippen LogP) is 4.33. The molecule has 0 aliphatic rings. The molecule has 0 fully saturated rings. The number of aryl methyl sites for hydroxylation is 3. The number of anilines is 1. The fourth-order valence-corrected chi connectivity index (χ4v) is 2.00. The minimum absolute atomic E-state index is 0.442. The lowest BCUT2D eigenvalue weighted by atomic mass is 10.1. The van der Waals surface area contributed by atoms with Crippen LogP contribution in [0.4, 0.5) is 5.69 Å². The van der Waals surface area contributed by atoms with Crippen LogP contribution in [0, 0.1) is 13.8 Å². The summed E-state index contributed by atoms with van der Waals surface area (Å²) in [5.74, 6) is 1.06. The van der Waals surface area contributed by atoms with Gasteiger partial charge in [-0.25, -0.2) is 0 Å². The summed E-state index contributed by atoms with van der Waals surface area (Å²) in [6.07, 6.45) is 3.78. The van der Waals surface area contributed by atoms with E-state index in [0.29, 0.717) is 6.04 Å². The van der Waals surface area contributed by atoms with Crippen molar-refractivity contribution in [2.45, 2.75) is 39.7 Å². The molecule has 1 atom stereocenters. The summed E-state index contributed by atoms with van der Waals surface area (Å²) in [6.45, 7) is 6.49. The summed E-state index contributed by atoms with van der Waals surface area (Å²) >= 11 is 0. The summed E-state index contributed by atoms with van der Waals surface area (Å²) in [5, 5.41) is 3.53. The van der Waals surface area contributed by atoms with Crippen LogP contribution in [-0.4, -0.2) is 6.04 Å². The van der Waals surface area contributed by atoms with E-state index in [2.05, 4.69) is 44.3 Å². The third-order valence-corrected chi connectivity index (χ3v) is 3.32. The number of hydrogen-bond acceptors (Lipinski definition) is 2. The Balaban J connectivity index is 1.86. The molecule has 0 spiro atoms. The molecule has 0 saturated carbocycles. The Bertz CT molecular complexity index is 488. The van der Waals surface area contributed by atoms with Crippen LogP contribution in [0.3, 0.4) is 0 Å². The lowest BCUT2D eigenvalue weighted by molar-refractivity contribution is 0.495. The molecule has 0 aliphatic heterocycles. The van der Waals surface area contributed by atoms with E-state index in [0.717, 1.165) is 18.6 Å². The van der Waals surface area contributed by atoms with Crippen LogP contribution in [0.25, 0.3) is 0 Å². The Morgan fingerprint density at radius 1 is 1.17 bits per heavy atom. The molecule has 2 nitrogen and oxygen atoms in total. The second-order valence-electron chi connectivity index (χ2n) is 4.96. The highest BCUT2D eigenvalue weighted by atomic mass is 16.3. The predicted molar refractivity (Wildman–Crippen MR) is 76.0 cm³/mol. The molecule has 1 aromatic carbocycles. The highest BCUT2D eigenvalue weighted by Gasteiger charge is 2.04.